The number of amides is 2. The lowest BCUT2D eigenvalue weighted by Crippen LogP contribution is -2.53. The number of hydrogen-bond acceptors (Lipinski definition) is 4. The normalized spacial score (nSPS) is 13.9. The molecule has 7 heteroatoms. The number of rotatable bonds is 10. The molecule has 0 saturated heterocycles. The topological polar surface area (TPSA) is 116 Å². The molecule has 0 fully saturated rings. The Bertz CT molecular complexity index is 548. The Morgan fingerprint density at radius 3 is 2.28 bits per heavy atom. The predicted octanol–water partition coefficient (Wildman–Crippen LogP) is 0.956. The molecular weight excluding hydrogens is 324 g/mol. The summed E-state index contributed by atoms with van der Waals surface area (Å²) in [7, 11) is 0. The lowest BCUT2D eigenvalue weighted by Gasteiger charge is -2.24. The zero-order valence-corrected chi connectivity index (χ0v) is 13.8. The molecule has 1 aromatic carbocycles. The van der Waals surface area contributed by atoms with Crippen molar-refractivity contribution >= 4 is 18.3 Å². The SMILES string of the molecule is C.CC(C)CC(NC(=O)C(O)C(Cc1ccccc1)NC=O)C(=O)O. The molecule has 0 aliphatic rings. The van der Waals surface area contributed by atoms with Gasteiger partial charge in [-0.3, -0.25) is 9.59 Å². The Labute approximate surface area is 148 Å². The van der Waals surface area contributed by atoms with Gasteiger partial charge in [-0.25, -0.2) is 4.79 Å². The van der Waals surface area contributed by atoms with E-state index in [9.17, 15) is 19.5 Å². The summed E-state index contributed by atoms with van der Waals surface area (Å²) < 4.78 is 0. The molecule has 0 heterocycles. The van der Waals surface area contributed by atoms with Crippen molar-refractivity contribution < 1.29 is 24.6 Å². The number of aliphatic hydroxyl groups is 1. The van der Waals surface area contributed by atoms with Crippen molar-refractivity contribution in [1.29, 1.82) is 0 Å². The van der Waals surface area contributed by atoms with E-state index in [1.54, 1.807) is 0 Å². The van der Waals surface area contributed by atoms with Crippen molar-refractivity contribution in [3.8, 4) is 0 Å². The van der Waals surface area contributed by atoms with E-state index in [1.807, 2.05) is 44.2 Å². The molecule has 140 valence electrons. The van der Waals surface area contributed by atoms with Crippen molar-refractivity contribution in [2.24, 2.45) is 5.92 Å². The van der Waals surface area contributed by atoms with Crippen molar-refractivity contribution in [2.45, 2.75) is 52.3 Å². The summed E-state index contributed by atoms with van der Waals surface area (Å²) in [5.41, 5.74) is 0.834. The number of aliphatic carboxylic acids is 1. The van der Waals surface area contributed by atoms with E-state index in [0.29, 0.717) is 6.41 Å². The van der Waals surface area contributed by atoms with Crippen LogP contribution < -0.4 is 10.6 Å². The second-order valence-corrected chi connectivity index (χ2v) is 6.05. The van der Waals surface area contributed by atoms with Crippen molar-refractivity contribution in [3.63, 3.8) is 0 Å². The first-order valence-corrected chi connectivity index (χ1v) is 7.80. The third-order valence-electron chi connectivity index (χ3n) is 3.55. The second kappa shape index (κ2) is 11.2. The fourth-order valence-electron chi connectivity index (χ4n) is 2.35. The predicted molar refractivity (Wildman–Crippen MR) is 94.9 cm³/mol. The number of aliphatic hydroxyl groups excluding tert-OH is 1. The maximum Gasteiger partial charge on any atom is 0.326 e. The molecule has 0 bridgehead atoms. The van der Waals surface area contributed by atoms with E-state index in [2.05, 4.69) is 10.6 Å². The van der Waals surface area contributed by atoms with Gasteiger partial charge in [0.15, 0.2) is 6.10 Å². The molecule has 0 aliphatic heterocycles. The monoisotopic (exact) mass is 352 g/mol. The minimum absolute atomic E-state index is 0. The molecule has 0 saturated carbocycles. The fraction of sp³-hybridized carbons (Fsp3) is 0.500. The highest BCUT2D eigenvalue weighted by Gasteiger charge is 2.30. The molecule has 2 amide bonds. The maximum absolute atomic E-state index is 12.2. The van der Waals surface area contributed by atoms with Gasteiger partial charge in [0.2, 0.25) is 6.41 Å². The highest BCUT2D eigenvalue weighted by atomic mass is 16.4. The van der Waals surface area contributed by atoms with Gasteiger partial charge in [-0.05, 0) is 24.3 Å². The highest BCUT2D eigenvalue weighted by molar-refractivity contribution is 5.86. The van der Waals surface area contributed by atoms with Crippen LogP contribution in [-0.4, -0.2) is 46.7 Å². The number of benzene rings is 1. The molecule has 7 nitrogen and oxygen atoms in total. The average Bonchev–Trinajstić information content (AvgIpc) is 2.53. The number of carbonyl (C=O) groups is 3. The Morgan fingerprint density at radius 1 is 1.20 bits per heavy atom. The van der Waals surface area contributed by atoms with Crippen molar-refractivity contribution in [1.82, 2.24) is 10.6 Å². The molecule has 1 aromatic rings. The standard InChI is InChI=1S/C17H24N2O5.CH4/c1-11(2)8-14(17(23)24)19-16(22)15(21)13(18-10-20)9-12-6-4-3-5-7-12;/h3-7,10-11,13-15,21H,8-9H2,1-2H3,(H,18,20)(H,19,22)(H,23,24);1H4. The Hall–Kier alpha value is -2.41. The third kappa shape index (κ3) is 7.80. The summed E-state index contributed by atoms with van der Waals surface area (Å²) in [5.74, 6) is -1.91. The first kappa shape index (κ1) is 22.6. The summed E-state index contributed by atoms with van der Waals surface area (Å²) in [4.78, 5) is 34.1. The second-order valence-electron chi connectivity index (χ2n) is 6.05. The van der Waals surface area contributed by atoms with Crippen molar-refractivity contribution in [2.75, 3.05) is 0 Å². The molecule has 0 spiro atoms. The summed E-state index contributed by atoms with van der Waals surface area (Å²) in [5, 5.41) is 24.1. The average molecular weight is 352 g/mol. The van der Waals surface area contributed by atoms with Gasteiger partial charge in [0.05, 0.1) is 6.04 Å². The molecule has 0 radical (unpaired) electrons. The molecule has 3 unspecified atom stereocenters. The number of carboxylic acids is 1. The minimum Gasteiger partial charge on any atom is -0.480 e. The van der Waals surface area contributed by atoms with Crippen LogP contribution in [0, 0.1) is 5.92 Å². The van der Waals surface area contributed by atoms with Crippen LogP contribution in [0.2, 0.25) is 0 Å². The van der Waals surface area contributed by atoms with Crippen LogP contribution in [0.3, 0.4) is 0 Å². The zero-order chi connectivity index (χ0) is 18.1. The lowest BCUT2D eigenvalue weighted by molar-refractivity contribution is -0.144. The molecular formula is C18H28N2O5. The van der Waals surface area contributed by atoms with E-state index in [0.717, 1.165) is 5.56 Å². The van der Waals surface area contributed by atoms with Crippen LogP contribution in [0.1, 0.15) is 33.3 Å². The van der Waals surface area contributed by atoms with Crippen LogP contribution in [-0.2, 0) is 20.8 Å². The number of carbonyl (C=O) groups excluding carboxylic acids is 2. The first-order chi connectivity index (χ1) is 11.3. The number of carboxylic acid groups (broad SMARTS) is 1. The van der Waals surface area contributed by atoms with E-state index >= 15 is 0 Å². The van der Waals surface area contributed by atoms with Gasteiger partial charge in [0.1, 0.15) is 6.04 Å². The first-order valence-electron chi connectivity index (χ1n) is 7.80. The third-order valence-corrected chi connectivity index (χ3v) is 3.55. The van der Waals surface area contributed by atoms with Gasteiger partial charge in [0.25, 0.3) is 5.91 Å². The van der Waals surface area contributed by atoms with E-state index in [1.165, 1.54) is 0 Å². The Balaban J connectivity index is 0.00000576. The Morgan fingerprint density at radius 2 is 1.80 bits per heavy atom. The zero-order valence-electron chi connectivity index (χ0n) is 13.8. The quantitative estimate of drug-likeness (QED) is 0.468. The molecule has 0 aliphatic carbocycles. The largest absolute Gasteiger partial charge is 0.480 e. The summed E-state index contributed by atoms with van der Waals surface area (Å²) in [6.07, 6.45) is -0.647. The van der Waals surface area contributed by atoms with Gasteiger partial charge >= 0.3 is 5.97 Å². The summed E-state index contributed by atoms with van der Waals surface area (Å²) in [6.45, 7) is 3.68. The lowest BCUT2D eigenvalue weighted by atomic mass is 9.99. The van der Waals surface area contributed by atoms with E-state index < -0.39 is 30.1 Å². The molecule has 3 atom stereocenters. The summed E-state index contributed by atoms with van der Waals surface area (Å²) >= 11 is 0. The van der Waals surface area contributed by atoms with Crippen LogP contribution in [0.5, 0.6) is 0 Å². The van der Waals surface area contributed by atoms with Crippen molar-refractivity contribution in [3.05, 3.63) is 35.9 Å². The maximum atomic E-state index is 12.2. The number of nitrogens with one attached hydrogen (secondary N) is 2. The number of hydrogen-bond donors (Lipinski definition) is 4. The fourth-order valence-corrected chi connectivity index (χ4v) is 2.35. The van der Waals surface area contributed by atoms with Gasteiger partial charge in [-0.15, -0.1) is 0 Å². The molecule has 0 aromatic heterocycles. The van der Waals surface area contributed by atoms with E-state index in [4.69, 9.17) is 5.11 Å². The summed E-state index contributed by atoms with van der Waals surface area (Å²) in [6, 6.07) is 7.13. The van der Waals surface area contributed by atoms with E-state index in [-0.39, 0.29) is 26.2 Å². The highest BCUT2D eigenvalue weighted by Crippen LogP contribution is 2.09. The smallest absolute Gasteiger partial charge is 0.326 e. The Kier molecular flexibility index (Phi) is 10.1. The minimum atomic E-state index is -1.55. The van der Waals surface area contributed by atoms with Crippen LogP contribution in [0.15, 0.2) is 30.3 Å². The molecule has 4 N–H and O–H groups in total. The van der Waals surface area contributed by atoms with Crippen LogP contribution in [0.4, 0.5) is 0 Å². The van der Waals surface area contributed by atoms with Gasteiger partial charge in [-0.1, -0.05) is 51.6 Å². The van der Waals surface area contributed by atoms with Gasteiger partial charge < -0.3 is 20.8 Å². The molecule has 1 rings (SSSR count). The van der Waals surface area contributed by atoms with Gasteiger partial charge in [0, 0.05) is 0 Å². The van der Waals surface area contributed by atoms with Crippen LogP contribution in [0.25, 0.3) is 0 Å². The van der Waals surface area contributed by atoms with Crippen LogP contribution >= 0.6 is 0 Å². The van der Waals surface area contributed by atoms with Gasteiger partial charge in [-0.2, -0.15) is 0 Å². The molecule has 25 heavy (non-hydrogen) atoms.